The number of carbonyl (C=O) groups is 1. The molecule has 5 heteroatoms. The summed E-state index contributed by atoms with van der Waals surface area (Å²) in [6.07, 6.45) is 3.58. The molecule has 0 aliphatic rings. The van der Waals surface area contributed by atoms with Crippen LogP contribution in [0.3, 0.4) is 0 Å². The van der Waals surface area contributed by atoms with Gasteiger partial charge in [0.25, 0.3) is 5.91 Å². The van der Waals surface area contributed by atoms with Crippen molar-refractivity contribution in [3.63, 3.8) is 0 Å². The van der Waals surface area contributed by atoms with Crippen molar-refractivity contribution >= 4 is 11.6 Å². The molecule has 128 valence electrons. The maximum Gasteiger partial charge on any atom is 0.269 e. The lowest BCUT2D eigenvalue weighted by molar-refractivity contribution is 0.0948. The molecule has 1 aromatic heterocycles. The number of nitrogens with one attached hydrogen (secondary N) is 2. The molecule has 2 N–H and O–H groups in total. The smallest absolute Gasteiger partial charge is 0.269 e. The number of aromatic nitrogens is 1. The Morgan fingerprint density at radius 3 is 2.54 bits per heavy atom. The number of benzene rings is 1. The van der Waals surface area contributed by atoms with Gasteiger partial charge in [0.1, 0.15) is 5.69 Å². The lowest BCUT2D eigenvalue weighted by Crippen LogP contribution is -2.25. The summed E-state index contributed by atoms with van der Waals surface area (Å²) in [5.41, 5.74) is 2.67. The van der Waals surface area contributed by atoms with Crippen molar-refractivity contribution in [1.82, 2.24) is 15.2 Å². The van der Waals surface area contributed by atoms with E-state index < -0.39 is 0 Å². The standard InChI is InChI=1S/C19H26N4O/c1-23(2)14-13-20-17-10-11-18(22-15-17)19(24)21-12-6-9-16-7-4-3-5-8-16/h3-5,7-8,10-11,15,20H,6,9,12-14H2,1-2H3,(H,21,24). The van der Waals surface area contributed by atoms with Crippen molar-refractivity contribution in [2.24, 2.45) is 0 Å². The van der Waals surface area contributed by atoms with Crippen LogP contribution in [0, 0.1) is 0 Å². The first-order chi connectivity index (χ1) is 11.6. The lowest BCUT2D eigenvalue weighted by Gasteiger charge is -2.11. The van der Waals surface area contributed by atoms with Gasteiger partial charge >= 0.3 is 0 Å². The van der Waals surface area contributed by atoms with Gasteiger partial charge in [0, 0.05) is 19.6 Å². The van der Waals surface area contributed by atoms with E-state index >= 15 is 0 Å². The van der Waals surface area contributed by atoms with E-state index in [0.29, 0.717) is 12.2 Å². The monoisotopic (exact) mass is 326 g/mol. The molecular weight excluding hydrogens is 300 g/mol. The fraction of sp³-hybridized carbons (Fsp3) is 0.368. The molecule has 0 fully saturated rings. The fourth-order valence-corrected chi connectivity index (χ4v) is 2.29. The number of hydrogen-bond donors (Lipinski definition) is 2. The summed E-state index contributed by atoms with van der Waals surface area (Å²) in [5.74, 6) is -0.122. The number of amides is 1. The van der Waals surface area contributed by atoms with E-state index in [4.69, 9.17) is 0 Å². The zero-order chi connectivity index (χ0) is 17.2. The summed E-state index contributed by atoms with van der Waals surface area (Å²) >= 11 is 0. The van der Waals surface area contributed by atoms with Crippen LogP contribution in [-0.4, -0.2) is 49.5 Å². The molecule has 1 heterocycles. The van der Waals surface area contributed by atoms with Crippen molar-refractivity contribution in [2.75, 3.05) is 39.0 Å². The Bertz CT molecular complexity index is 611. The quantitative estimate of drug-likeness (QED) is 0.695. The second-order valence-corrected chi connectivity index (χ2v) is 6.01. The van der Waals surface area contributed by atoms with Gasteiger partial charge in [-0.3, -0.25) is 4.79 Å². The molecule has 0 atom stereocenters. The molecule has 1 amide bonds. The topological polar surface area (TPSA) is 57.3 Å². The number of likely N-dealkylation sites (N-methyl/N-ethyl adjacent to an activating group) is 1. The summed E-state index contributed by atoms with van der Waals surface area (Å²) < 4.78 is 0. The number of aryl methyl sites for hydroxylation is 1. The van der Waals surface area contributed by atoms with Crippen LogP contribution in [0.25, 0.3) is 0 Å². The van der Waals surface area contributed by atoms with E-state index in [1.54, 1.807) is 12.3 Å². The van der Waals surface area contributed by atoms with Crippen molar-refractivity contribution in [2.45, 2.75) is 12.8 Å². The van der Waals surface area contributed by atoms with E-state index in [2.05, 4.69) is 32.7 Å². The first kappa shape index (κ1) is 17.9. The summed E-state index contributed by atoms with van der Waals surface area (Å²) in [5, 5.41) is 6.19. The molecule has 0 aliphatic carbocycles. The average molecular weight is 326 g/mol. The van der Waals surface area contributed by atoms with Crippen molar-refractivity contribution in [1.29, 1.82) is 0 Å². The predicted molar refractivity (Wildman–Crippen MR) is 98.4 cm³/mol. The zero-order valence-corrected chi connectivity index (χ0v) is 14.5. The van der Waals surface area contributed by atoms with Gasteiger partial charge in [0.05, 0.1) is 11.9 Å². The molecule has 0 spiro atoms. The van der Waals surface area contributed by atoms with E-state index in [-0.39, 0.29) is 5.91 Å². The van der Waals surface area contributed by atoms with E-state index in [1.165, 1.54) is 5.56 Å². The molecule has 0 bridgehead atoms. The Kier molecular flexibility index (Phi) is 7.23. The SMILES string of the molecule is CN(C)CCNc1ccc(C(=O)NCCCc2ccccc2)nc1. The molecule has 0 radical (unpaired) electrons. The minimum absolute atomic E-state index is 0.122. The fourth-order valence-electron chi connectivity index (χ4n) is 2.29. The molecule has 24 heavy (non-hydrogen) atoms. The van der Waals surface area contributed by atoms with Crippen molar-refractivity contribution in [3.8, 4) is 0 Å². The van der Waals surface area contributed by atoms with Crippen molar-refractivity contribution in [3.05, 3.63) is 59.9 Å². The summed E-state index contributed by atoms with van der Waals surface area (Å²) in [6, 6.07) is 13.9. The van der Waals surface area contributed by atoms with Crippen LogP contribution in [-0.2, 0) is 6.42 Å². The third kappa shape index (κ3) is 6.38. The van der Waals surface area contributed by atoms with E-state index in [9.17, 15) is 4.79 Å². The molecule has 0 saturated carbocycles. The Hall–Kier alpha value is -2.40. The molecule has 0 saturated heterocycles. The average Bonchev–Trinajstić information content (AvgIpc) is 2.60. The van der Waals surface area contributed by atoms with Gasteiger partial charge in [-0.1, -0.05) is 30.3 Å². The molecule has 5 nitrogen and oxygen atoms in total. The van der Waals surface area contributed by atoms with Crippen LogP contribution in [0.1, 0.15) is 22.5 Å². The number of pyridine rings is 1. The molecular formula is C19H26N4O. The molecule has 1 aromatic carbocycles. The zero-order valence-electron chi connectivity index (χ0n) is 14.5. The predicted octanol–water partition coefficient (Wildman–Crippen LogP) is 2.42. The Morgan fingerprint density at radius 1 is 1.08 bits per heavy atom. The van der Waals surface area contributed by atoms with Crippen molar-refractivity contribution < 1.29 is 4.79 Å². The first-order valence-electron chi connectivity index (χ1n) is 8.32. The number of hydrogen-bond acceptors (Lipinski definition) is 4. The largest absolute Gasteiger partial charge is 0.383 e. The highest BCUT2D eigenvalue weighted by atomic mass is 16.1. The van der Waals surface area contributed by atoms with Gasteiger partial charge in [0.2, 0.25) is 0 Å². The number of carbonyl (C=O) groups excluding carboxylic acids is 1. The lowest BCUT2D eigenvalue weighted by atomic mass is 10.1. The van der Waals surface area contributed by atoms with Crippen LogP contribution in [0.4, 0.5) is 5.69 Å². The van der Waals surface area contributed by atoms with Gasteiger partial charge in [0.15, 0.2) is 0 Å². The summed E-state index contributed by atoms with van der Waals surface area (Å²) in [6.45, 7) is 2.45. The Balaban J connectivity index is 1.70. The number of rotatable bonds is 9. The third-order valence-electron chi connectivity index (χ3n) is 3.65. The van der Waals surface area contributed by atoms with Gasteiger partial charge in [-0.05, 0) is 44.6 Å². The van der Waals surface area contributed by atoms with Gasteiger partial charge in [-0.15, -0.1) is 0 Å². The molecule has 0 unspecified atom stereocenters. The highest BCUT2D eigenvalue weighted by molar-refractivity contribution is 5.92. The molecule has 0 aliphatic heterocycles. The normalized spacial score (nSPS) is 10.6. The second kappa shape index (κ2) is 9.67. The maximum atomic E-state index is 12.1. The van der Waals surface area contributed by atoms with Crippen LogP contribution >= 0.6 is 0 Å². The Labute approximate surface area is 144 Å². The molecule has 2 rings (SSSR count). The third-order valence-corrected chi connectivity index (χ3v) is 3.65. The van der Waals surface area contributed by atoms with Crippen LogP contribution < -0.4 is 10.6 Å². The van der Waals surface area contributed by atoms with Crippen LogP contribution in [0.5, 0.6) is 0 Å². The van der Waals surface area contributed by atoms with Gasteiger partial charge < -0.3 is 15.5 Å². The second-order valence-electron chi connectivity index (χ2n) is 6.01. The Morgan fingerprint density at radius 2 is 1.88 bits per heavy atom. The highest BCUT2D eigenvalue weighted by Crippen LogP contribution is 2.06. The minimum Gasteiger partial charge on any atom is -0.383 e. The first-order valence-corrected chi connectivity index (χ1v) is 8.32. The van der Waals surface area contributed by atoms with Crippen LogP contribution in [0.2, 0.25) is 0 Å². The van der Waals surface area contributed by atoms with E-state index in [1.807, 2.05) is 38.4 Å². The van der Waals surface area contributed by atoms with Gasteiger partial charge in [-0.2, -0.15) is 0 Å². The summed E-state index contributed by atoms with van der Waals surface area (Å²) in [7, 11) is 4.07. The van der Waals surface area contributed by atoms with Crippen LogP contribution in [0.15, 0.2) is 48.7 Å². The van der Waals surface area contributed by atoms with E-state index in [0.717, 1.165) is 31.6 Å². The minimum atomic E-state index is -0.122. The van der Waals surface area contributed by atoms with Gasteiger partial charge in [-0.25, -0.2) is 4.98 Å². The number of nitrogens with zero attached hydrogens (tertiary/aromatic N) is 2. The number of anilines is 1. The molecule has 2 aromatic rings. The summed E-state index contributed by atoms with van der Waals surface area (Å²) in [4.78, 5) is 18.4. The maximum absolute atomic E-state index is 12.1. The highest BCUT2D eigenvalue weighted by Gasteiger charge is 2.06.